The van der Waals surface area contributed by atoms with Crippen LogP contribution in [0.2, 0.25) is 0 Å². The topological polar surface area (TPSA) is 3.24 Å². The maximum Gasteiger partial charge on any atom is 0.0714 e. The Hall–Kier alpha value is -6.96. The molecule has 1 heteroatoms. The van der Waals surface area contributed by atoms with Crippen molar-refractivity contribution >= 4 is 27.8 Å². The highest BCUT2D eigenvalue weighted by molar-refractivity contribution is 6.09. The number of para-hydroxylation sites is 1. The molecule has 9 aromatic rings. The van der Waals surface area contributed by atoms with Crippen molar-refractivity contribution in [3.63, 3.8) is 0 Å². The lowest BCUT2D eigenvalue weighted by molar-refractivity contribution is 0.768. The molecule has 0 heterocycles. The zero-order valence-electron chi connectivity index (χ0n) is 31.6. The molecular weight excluding hydrogens is 687 g/mol. The third-order valence-electron chi connectivity index (χ3n) is 13.2. The first kappa shape index (κ1) is 32.3. The van der Waals surface area contributed by atoms with E-state index >= 15 is 0 Å². The summed E-state index contributed by atoms with van der Waals surface area (Å²) in [6, 6.07) is 79.1. The Bertz CT molecular complexity index is 2960. The second-order valence-corrected chi connectivity index (χ2v) is 16.0. The van der Waals surface area contributed by atoms with Gasteiger partial charge in [0.2, 0.25) is 0 Å². The average Bonchev–Trinajstić information content (AvgIpc) is 4.03. The summed E-state index contributed by atoms with van der Waals surface area (Å²) in [5.41, 5.74) is 19.1. The molecule has 1 nitrogen and oxygen atoms in total. The fourth-order valence-corrected chi connectivity index (χ4v) is 10.6. The minimum atomic E-state index is -0.467. The fraction of sp³-hybridized carbons (Fsp3) is 0.0714. The van der Waals surface area contributed by atoms with E-state index in [1.165, 1.54) is 90.4 Å². The van der Waals surface area contributed by atoms with E-state index in [0.29, 0.717) is 0 Å². The quantitative estimate of drug-likeness (QED) is 0.165. The van der Waals surface area contributed by atoms with Crippen LogP contribution in [-0.2, 0) is 10.8 Å². The number of hydrogen-bond acceptors (Lipinski definition) is 1. The Morgan fingerprint density at radius 2 is 0.860 bits per heavy atom. The Kier molecular flexibility index (Phi) is 6.95. The van der Waals surface area contributed by atoms with Gasteiger partial charge in [0.1, 0.15) is 0 Å². The standard InChI is InChI=1S/C56H39N/c1-4-15-39(16-5-1)56(40-17-6-2-7-18-40)51-26-13-11-21-45(51)47-32-31-43(37-53(47)56)57(41-19-8-3-9-20-41)42-29-27-38(28-30-42)44-33-34-52-54-48(44)23-14-24-49(54)46-22-10-12-25-50(46)55(52)35-36-55/h1-34,37H,35-36H2. The van der Waals surface area contributed by atoms with E-state index in [9.17, 15) is 0 Å². The van der Waals surface area contributed by atoms with Crippen LogP contribution in [0.3, 0.4) is 0 Å². The summed E-state index contributed by atoms with van der Waals surface area (Å²) < 4.78 is 0. The van der Waals surface area contributed by atoms with Crippen molar-refractivity contribution in [2.75, 3.05) is 4.90 Å². The third kappa shape index (κ3) is 4.57. The van der Waals surface area contributed by atoms with Gasteiger partial charge in [0.25, 0.3) is 0 Å². The molecule has 57 heavy (non-hydrogen) atoms. The monoisotopic (exact) mass is 725 g/mol. The lowest BCUT2D eigenvalue weighted by Gasteiger charge is -2.35. The van der Waals surface area contributed by atoms with Gasteiger partial charge in [0, 0.05) is 22.5 Å². The Balaban J connectivity index is 1.02. The first-order valence-electron chi connectivity index (χ1n) is 20.2. The number of rotatable bonds is 6. The minimum Gasteiger partial charge on any atom is -0.310 e. The molecule has 3 aliphatic rings. The highest BCUT2D eigenvalue weighted by atomic mass is 15.1. The van der Waals surface area contributed by atoms with Crippen LogP contribution in [-0.4, -0.2) is 0 Å². The lowest BCUT2D eigenvalue weighted by Crippen LogP contribution is -2.28. The van der Waals surface area contributed by atoms with Crippen molar-refractivity contribution in [3.05, 3.63) is 246 Å². The molecule has 0 N–H and O–H groups in total. The normalized spacial score (nSPS) is 14.8. The zero-order chi connectivity index (χ0) is 37.6. The van der Waals surface area contributed by atoms with Gasteiger partial charge in [-0.05, 0) is 127 Å². The zero-order valence-corrected chi connectivity index (χ0v) is 31.6. The van der Waals surface area contributed by atoms with Crippen molar-refractivity contribution in [1.29, 1.82) is 0 Å². The van der Waals surface area contributed by atoms with Crippen LogP contribution in [0.25, 0.3) is 44.2 Å². The maximum absolute atomic E-state index is 2.45. The van der Waals surface area contributed by atoms with Crippen LogP contribution in [0.5, 0.6) is 0 Å². The van der Waals surface area contributed by atoms with Gasteiger partial charge in [-0.15, -0.1) is 0 Å². The van der Waals surface area contributed by atoms with Gasteiger partial charge >= 0.3 is 0 Å². The van der Waals surface area contributed by atoms with E-state index in [-0.39, 0.29) is 5.41 Å². The second-order valence-electron chi connectivity index (χ2n) is 16.0. The van der Waals surface area contributed by atoms with E-state index in [1.54, 1.807) is 0 Å². The van der Waals surface area contributed by atoms with Crippen LogP contribution < -0.4 is 4.90 Å². The van der Waals surface area contributed by atoms with Gasteiger partial charge in [-0.25, -0.2) is 0 Å². The highest BCUT2D eigenvalue weighted by Crippen LogP contribution is 2.62. The van der Waals surface area contributed by atoms with Crippen molar-refractivity contribution in [3.8, 4) is 33.4 Å². The SMILES string of the molecule is c1ccc(N(c2ccc(-c3ccc4c5c(cccc35)-c3ccccc3C43CC3)cc2)c2ccc3c(c2)C(c2ccccc2)(c2ccccc2)c2ccccc2-3)cc1. The molecule has 0 bridgehead atoms. The number of fused-ring (bicyclic) bond motifs is 7. The molecule has 0 atom stereocenters. The van der Waals surface area contributed by atoms with E-state index in [1.807, 2.05) is 0 Å². The molecule has 9 aromatic carbocycles. The van der Waals surface area contributed by atoms with E-state index in [2.05, 4.69) is 217 Å². The molecule has 0 aliphatic heterocycles. The van der Waals surface area contributed by atoms with Gasteiger partial charge in [-0.1, -0.05) is 176 Å². The van der Waals surface area contributed by atoms with Crippen LogP contribution in [0.1, 0.15) is 46.2 Å². The summed E-state index contributed by atoms with van der Waals surface area (Å²) in [6.07, 6.45) is 2.45. The van der Waals surface area contributed by atoms with Gasteiger partial charge in [0.15, 0.2) is 0 Å². The molecule has 0 radical (unpaired) electrons. The van der Waals surface area contributed by atoms with Gasteiger partial charge in [0.05, 0.1) is 5.41 Å². The van der Waals surface area contributed by atoms with Crippen molar-refractivity contribution in [2.45, 2.75) is 23.7 Å². The number of hydrogen-bond donors (Lipinski definition) is 0. The molecule has 1 fully saturated rings. The van der Waals surface area contributed by atoms with Gasteiger partial charge in [-0.3, -0.25) is 0 Å². The summed E-state index contributed by atoms with van der Waals surface area (Å²) in [5.74, 6) is 0. The first-order chi connectivity index (χ1) is 28.3. The number of benzene rings is 9. The molecule has 1 spiro atoms. The van der Waals surface area contributed by atoms with Crippen molar-refractivity contribution in [1.82, 2.24) is 0 Å². The Morgan fingerprint density at radius 1 is 0.333 bits per heavy atom. The predicted octanol–water partition coefficient (Wildman–Crippen LogP) is 14.4. The summed E-state index contributed by atoms with van der Waals surface area (Å²) in [7, 11) is 0. The van der Waals surface area contributed by atoms with E-state index in [4.69, 9.17) is 0 Å². The molecule has 0 aromatic heterocycles. The summed E-state index contributed by atoms with van der Waals surface area (Å²) >= 11 is 0. The molecule has 0 unspecified atom stereocenters. The smallest absolute Gasteiger partial charge is 0.0714 e. The largest absolute Gasteiger partial charge is 0.310 e. The highest BCUT2D eigenvalue weighted by Gasteiger charge is 2.50. The first-order valence-corrected chi connectivity index (χ1v) is 20.2. The molecule has 268 valence electrons. The molecule has 0 amide bonds. The molecular formula is C56H39N. The summed E-state index contributed by atoms with van der Waals surface area (Å²) in [4.78, 5) is 2.42. The lowest BCUT2D eigenvalue weighted by atomic mass is 9.67. The fourth-order valence-electron chi connectivity index (χ4n) is 10.6. The van der Waals surface area contributed by atoms with Gasteiger partial charge < -0.3 is 4.90 Å². The van der Waals surface area contributed by atoms with Crippen LogP contribution in [0.15, 0.2) is 212 Å². The molecule has 0 saturated heterocycles. The number of nitrogens with zero attached hydrogens (tertiary/aromatic N) is 1. The third-order valence-corrected chi connectivity index (χ3v) is 13.2. The average molecular weight is 726 g/mol. The summed E-state index contributed by atoms with van der Waals surface area (Å²) in [5, 5.41) is 2.77. The van der Waals surface area contributed by atoms with Crippen molar-refractivity contribution in [2.24, 2.45) is 0 Å². The number of anilines is 3. The maximum atomic E-state index is 2.45. The Morgan fingerprint density at radius 3 is 1.54 bits per heavy atom. The van der Waals surface area contributed by atoms with Crippen LogP contribution in [0.4, 0.5) is 17.1 Å². The molecule has 12 rings (SSSR count). The van der Waals surface area contributed by atoms with Gasteiger partial charge in [-0.2, -0.15) is 0 Å². The molecule has 3 aliphatic carbocycles. The van der Waals surface area contributed by atoms with E-state index in [0.717, 1.165) is 17.1 Å². The molecule has 1 saturated carbocycles. The summed E-state index contributed by atoms with van der Waals surface area (Å²) in [6.45, 7) is 0. The van der Waals surface area contributed by atoms with Crippen molar-refractivity contribution < 1.29 is 0 Å². The van der Waals surface area contributed by atoms with Crippen LogP contribution >= 0.6 is 0 Å². The minimum absolute atomic E-state index is 0.164. The van der Waals surface area contributed by atoms with E-state index < -0.39 is 5.41 Å². The second kappa shape index (κ2) is 12.3. The Labute approximate surface area is 334 Å². The van der Waals surface area contributed by atoms with Crippen LogP contribution in [0, 0.1) is 0 Å². The predicted molar refractivity (Wildman–Crippen MR) is 237 cm³/mol.